The van der Waals surface area contributed by atoms with Crippen molar-refractivity contribution in [2.75, 3.05) is 0 Å². The molecule has 0 fully saturated rings. The highest BCUT2D eigenvalue weighted by Crippen LogP contribution is 1.84. The molecule has 0 spiro atoms. The topological polar surface area (TPSA) is 25.8 Å². The normalized spacial score (nSPS) is 6.50. The van der Waals surface area contributed by atoms with Gasteiger partial charge in [0, 0.05) is 12.4 Å². The molecule has 0 saturated heterocycles. The van der Waals surface area contributed by atoms with Gasteiger partial charge in [0.1, 0.15) is 6.33 Å². The Labute approximate surface area is 89.8 Å². The first-order valence-corrected chi connectivity index (χ1v) is 5.52. The summed E-state index contributed by atoms with van der Waals surface area (Å²) in [4.78, 5) is 7.55. The Hall–Kier alpha value is -0.920. The van der Waals surface area contributed by atoms with Crippen molar-refractivity contribution in [1.29, 1.82) is 0 Å². The van der Waals surface area contributed by atoms with Crippen molar-refractivity contribution in [3.8, 4) is 0 Å². The molecular weight excluding hydrogens is 172 g/mol. The van der Waals surface area contributed by atoms with Gasteiger partial charge >= 0.3 is 0 Å². The number of nitrogens with zero attached hydrogens (tertiary/aromatic N) is 2. The molecule has 0 saturated carbocycles. The van der Waals surface area contributed by atoms with Crippen molar-refractivity contribution < 1.29 is 0 Å². The second-order valence-corrected chi connectivity index (χ2v) is 2.12. The molecule has 0 amide bonds. The van der Waals surface area contributed by atoms with Crippen LogP contribution in [0.5, 0.6) is 0 Å². The molecule has 1 aromatic heterocycles. The maximum Gasteiger partial charge on any atom is 0.115 e. The monoisotopic (exact) mass is 198 g/mol. The highest BCUT2D eigenvalue weighted by Gasteiger charge is 1.74. The Morgan fingerprint density at radius 3 is 1.36 bits per heavy atom. The number of rotatable bonds is 0. The van der Waals surface area contributed by atoms with Crippen LogP contribution in [0.1, 0.15) is 53.5 Å². The van der Waals surface area contributed by atoms with Crippen molar-refractivity contribution in [2.45, 2.75) is 54.9 Å². The third-order valence-corrected chi connectivity index (χ3v) is 0.690. The number of hydrogen-bond acceptors (Lipinski definition) is 2. The van der Waals surface area contributed by atoms with E-state index >= 15 is 0 Å². The summed E-state index contributed by atoms with van der Waals surface area (Å²) in [5, 5.41) is 0. The van der Waals surface area contributed by atoms with Crippen LogP contribution < -0.4 is 0 Å². The Morgan fingerprint density at radius 2 is 1.21 bits per heavy atom. The van der Waals surface area contributed by atoms with Crippen LogP contribution in [-0.2, 0) is 0 Å². The van der Waals surface area contributed by atoms with Crippen LogP contribution in [0.4, 0.5) is 0 Å². The van der Waals surface area contributed by atoms with Gasteiger partial charge in [-0.1, -0.05) is 48.0 Å². The van der Waals surface area contributed by atoms with Crippen molar-refractivity contribution in [1.82, 2.24) is 9.97 Å². The van der Waals surface area contributed by atoms with E-state index in [2.05, 4.69) is 23.8 Å². The fraction of sp³-hybridized carbons (Fsp3) is 0.667. The summed E-state index contributed by atoms with van der Waals surface area (Å²) in [5.41, 5.74) is 1.10. The van der Waals surface area contributed by atoms with E-state index in [-0.39, 0.29) is 0 Å². The first-order chi connectivity index (χ1) is 6.81. The number of hydrogen-bond donors (Lipinski definition) is 0. The van der Waals surface area contributed by atoms with E-state index in [1.165, 1.54) is 12.7 Å². The van der Waals surface area contributed by atoms with Crippen LogP contribution in [0.2, 0.25) is 0 Å². The van der Waals surface area contributed by atoms with Gasteiger partial charge in [0.25, 0.3) is 0 Å². The smallest absolute Gasteiger partial charge is 0.115 e. The van der Waals surface area contributed by atoms with Gasteiger partial charge in [-0.3, -0.25) is 0 Å². The lowest BCUT2D eigenvalue weighted by molar-refractivity contribution is 1.09. The van der Waals surface area contributed by atoms with E-state index < -0.39 is 0 Å². The van der Waals surface area contributed by atoms with Crippen LogP contribution in [0.15, 0.2) is 18.7 Å². The van der Waals surface area contributed by atoms with Gasteiger partial charge in [0.15, 0.2) is 0 Å². The fourth-order valence-electron chi connectivity index (χ4n) is 0.374. The maximum absolute atomic E-state index is 3.77. The Kier molecular flexibility index (Phi) is 30.5. The fourth-order valence-corrected chi connectivity index (χ4v) is 0.374. The molecule has 1 aromatic rings. The first-order valence-electron chi connectivity index (χ1n) is 5.52. The molecule has 14 heavy (non-hydrogen) atoms. The largest absolute Gasteiger partial charge is 0.245 e. The molecule has 0 unspecified atom stereocenters. The predicted molar refractivity (Wildman–Crippen MR) is 65.4 cm³/mol. The Morgan fingerprint density at radius 1 is 0.929 bits per heavy atom. The third-order valence-electron chi connectivity index (χ3n) is 0.690. The molecule has 2 heteroatoms. The zero-order valence-corrected chi connectivity index (χ0v) is 10.8. The molecular formula is C12H26N2. The molecule has 0 aliphatic heterocycles. The highest BCUT2D eigenvalue weighted by molar-refractivity contribution is 4.96. The molecule has 1 rings (SSSR count). The van der Waals surface area contributed by atoms with Crippen LogP contribution in [0, 0.1) is 6.92 Å². The van der Waals surface area contributed by atoms with Crippen LogP contribution >= 0.6 is 0 Å². The molecule has 0 atom stereocenters. The zero-order valence-electron chi connectivity index (χ0n) is 10.8. The second kappa shape index (κ2) is 22.7. The summed E-state index contributed by atoms with van der Waals surface area (Å²) in [5.74, 6) is 0. The van der Waals surface area contributed by atoms with Gasteiger partial charge < -0.3 is 0 Å². The van der Waals surface area contributed by atoms with Crippen molar-refractivity contribution in [3.63, 3.8) is 0 Å². The van der Waals surface area contributed by atoms with E-state index in [9.17, 15) is 0 Å². The summed E-state index contributed by atoms with van der Waals surface area (Å²) in [6, 6.07) is 0. The summed E-state index contributed by atoms with van der Waals surface area (Å²) >= 11 is 0. The zero-order chi connectivity index (χ0) is 11.8. The minimum Gasteiger partial charge on any atom is -0.245 e. The molecule has 0 aromatic carbocycles. The molecule has 0 N–H and O–H groups in total. The Bertz CT molecular complexity index is 150. The molecule has 0 bridgehead atoms. The molecule has 2 nitrogen and oxygen atoms in total. The van der Waals surface area contributed by atoms with Crippen LogP contribution in [0.3, 0.4) is 0 Å². The SMILES string of the molecule is CC.CC.CCC.Cc1cncnc1. The van der Waals surface area contributed by atoms with Gasteiger partial charge in [0.2, 0.25) is 0 Å². The quantitative estimate of drug-likeness (QED) is 0.622. The Balaban J connectivity index is -0.000000148. The van der Waals surface area contributed by atoms with Crippen molar-refractivity contribution in [2.24, 2.45) is 0 Å². The summed E-state index contributed by atoms with van der Waals surface area (Å²) in [7, 11) is 0. The van der Waals surface area contributed by atoms with E-state index in [4.69, 9.17) is 0 Å². The summed E-state index contributed by atoms with van der Waals surface area (Å²) in [6.45, 7) is 14.2. The average Bonchev–Trinajstić information content (AvgIpc) is 2.26. The van der Waals surface area contributed by atoms with E-state index in [0.29, 0.717) is 0 Å². The molecule has 84 valence electrons. The summed E-state index contributed by atoms with van der Waals surface area (Å²) < 4.78 is 0. The number of aryl methyl sites for hydroxylation is 1. The lowest BCUT2D eigenvalue weighted by Crippen LogP contribution is -1.75. The van der Waals surface area contributed by atoms with Gasteiger partial charge in [-0.15, -0.1) is 0 Å². The second-order valence-electron chi connectivity index (χ2n) is 2.12. The van der Waals surface area contributed by atoms with Gasteiger partial charge in [0.05, 0.1) is 0 Å². The highest BCUT2D eigenvalue weighted by atomic mass is 14.8. The lowest BCUT2D eigenvalue weighted by atomic mass is 10.4. The van der Waals surface area contributed by atoms with Gasteiger partial charge in [-0.05, 0) is 12.5 Å². The van der Waals surface area contributed by atoms with E-state index in [0.717, 1.165) is 5.56 Å². The van der Waals surface area contributed by atoms with Gasteiger partial charge in [-0.25, -0.2) is 9.97 Å². The minimum atomic E-state index is 1.10. The first kappa shape index (κ1) is 18.8. The van der Waals surface area contributed by atoms with Crippen LogP contribution in [0.25, 0.3) is 0 Å². The van der Waals surface area contributed by atoms with E-state index in [1.807, 2.05) is 34.6 Å². The molecule has 0 aliphatic carbocycles. The summed E-state index contributed by atoms with van der Waals surface area (Å²) in [6.07, 6.45) is 6.31. The minimum absolute atomic E-state index is 1.10. The van der Waals surface area contributed by atoms with Crippen LogP contribution in [-0.4, -0.2) is 9.97 Å². The van der Waals surface area contributed by atoms with Crippen molar-refractivity contribution in [3.05, 3.63) is 24.3 Å². The van der Waals surface area contributed by atoms with E-state index in [1.54, 1.807) is 12.4 Å². The molecule has 0 radical (unpaired) electrons. The lowest BCUT2D eigenvalue weighted by Gasteiger charge is -1.81. The predicted octanol–water partition coefficient (Wildman–Crippen LogP) is 4.25. The maximum atomic E-state index is 3.77. The standard InChI is InChI=1S/C5H6N2.C3H8.2C2H6/c1-5-2-6-4-7-3-5;1-3-2;2*1-2/h2-4H,1H3;3H2,1-2H3;2*1-2H3. The van der Waals surface area contributed by atoms with Crippen molar-refractivity contribution >= 4 is 0 Å². The number of aromatic nitrogens is 2. The molecule has 1 heterocycles. The third kappa shape index (κ3) is 22.5. The molecule has 0 aliphatic rings. The van der Waals surface area contributed by atoms with Gasteiger partial charge in [-0.2, -0.15) is 0 Å². The average molecular weight is 198 g/mol.